The molecule has 0 heterocycles. The number of hydrogen-bond donors (Lipinski definition) is 0. The molecule has 0 aliphatic carbocycles. The van der Waals surface area contributed by atoms with E-state index in [0.717, 1.165) is 17.9 Å². The monoisotopic (exact) mass is 214 g/mol. The van der Waals surface area contributed by atoms with Gasteiger partial charge < -0.3 is 9.47 Å². The van der Waals surface area contributed by atoms with E-state index in [1.54, 1.807) is 0 Å². The van der Waals surface area contributed by atoms with Gasteiger partial charge in [0.15, 0.2) is 11.5 Å². The van der Waals surface area contributed by atoms with Crippen molar-refractivity contribution < 1.29 is 9.47 Å². The third kappa shape index (κ3) is 3.46. The van der Waals surface area contributed by atoms with Crippen molar-refractivity contribution in [1.29, 1.82) is 0 Å². The van der Waals surface area contributed by atoms with Crippen LogP contribution in [0.25, 0.3) is 0 Å². The van der Waals surface area contributed by atoms with Crippen LogP contribution in [0.15, 0.2) is 24.3 Å². The molecule has 1 aromatic rings. The first-order valence-electron chi connectivity index (χ1n) is 4.79. The van der Waals surface area contributed by atoms with Crippen molar-refractivity contribution in [2.24, 2.45) is 0 Å². The second kappa shape index (κ2) is 6.55. The molecule has 0 bridgehead atoms. The lowest BCUT2D eigenvalue weighted by Gasteiger charge is -2.10. The molecule has 0 fully saturated rings. The van der Waals surface area contributed by atoms with Gasteiger partial charge in [-0.3, -0.25) is 0 Å². The van der Waals surface area contributed by atoms with Gasteiger partial charge in [-0.15, -0.1) is 11.6 Å². The number of ether oxygens (including phenoxy) is 2. The molecule has 0 N–H and O–H groups in total. The van der Waals surface area contributed by atoms with Crippen LogP contribution in [0.5, 0.6) is 11.5 Å². The van der Waals surface area contributed by atoms with Gasteiger partial charge in [-0.25, -0.2) is 0 Å². The second-order valence-corrected chi connectivity index (χ2v) is 3.15. The molecule has 0 saturated heterocycles. The van der Waals surface area contributed by atoms with E-state index in [9.17, 15) is 0 Å². The van der Waals surface area contributed by atoms with Crippen molar-refractivity contribution in [3.63, 3.8) is 0 Å². The summed E-state index contributed by atoms with van der Waals surface area (Å²) in [5, 5.41) is 0. The van der Waals surface area contributed by atoms with E-state index in [1.165, 1.54) is 0 Å². The van der Waals surface area contributed by atoms with E-state index in [0.29, 0.717) is 19.1 Å². The van der Waals surface area contributed by atoms with Crippen LogP contribution in [0.4, 0.5) is 0 Å². The van der Waals surface area contributed by atoms with Gasteiger partial charge in [-0.2, -0.15) is 0 Å². The van der Waals surface area contributed by atoms with E-state index >= 15 is 0 Å². The minimum absolute atomic E-state index is 0.622. The molecular formula is C11H15ClO2. The zero-order chi connectivity index (χ0) is 10.2. The summed E-state index contributed by atoms with van der Waals surface area (Å²) in [6, 6.07) is 7.66. The highest BCUT2D eigenvalue weighted by Gasteiger charge is 2.01. The standard InChI is InChI=1S/C11H15ClO2/c1-2-13-10-6-3-4-7-11(10)14-9-5-8-12/h3-4,6-7H,2,5,8-9H2,1H3. The number of para-hydroxylation sites is 2. The first-order valence-corrected chi connectivity index (χ1v) is 5.32. The first kappa shape index (κ1) is 11.2. The molecule has 78 valence electrons. The first-order chi connectivity index (χ1) is 6.88. The molecule has 1 rings (SSSR count). The Kier molecular flexibility index (Phi) is 5.23. The van der Waals surface area contributed by atoms with Crippen molar-refractivity contribution in [2.45, 2.75) is 13.3 Å². The molecule has 0 spiro atoms. The Hall–Kier alpha value is -0.890. The van der Waals surface area contributed by atoms with Crippen LogP contribution in [0.2, 0.25) is 0 Å². The Bertz CT molecular complexity index is 263. The molecule has 0 radical (unpaired) electrons. The second-order valence-electron chi connectivity index (χ2n) is 2.77. The Morgan fingerprint density at radius 1 is 1.14 bits per heavy atom. The van der Waals surface area contributed by atoms with Gasteiger partial charge in [-0.1, -0.05) is 12.1 Å². The molecule has 0 aromatic heterocycles. The van der Waals surface area contributed by atoms with Gasteiger partial charge in [0.25, 0.3) is 0 Å². The van der Waals surface area contributed by atoms with Gasteiger partial charge in [-0.05, 0) is 25.5 Å². The van der Waals surface area contributed by atoms with E-state index in [2.05, 4.69) is 0 Å². The summed E-state index contributed by atoms with van der Waals surface area (Å²) in [6.07, 6.45) is 0.849. The number of halogens is 1. The number of benzene rings is 1. The van der Waals surface area contributed by atoms with Crippen LogP contribution in [0, 0.1) is 0 Å². The Balaban J connectivity index is 2.55. The minimum Gasteiger partial charge on any atom is -0.490 e. The molecule has 2 nitrogen and oxygen atoms in total. The topological polar surface area (TPSA) is 18.5 Å². The van der Waals surface area contributed by atoms with Crippen molar-refractivity contribution in [3.05, 3.63) is 24.3 Å². The highest BCUT2D eigenvalue weighted by Crippen LogP contribution is 2.26. The maximum atomic E-state index is 5.56. The molecule has 0 unspecified atom stereocenters. The molecule has 0 aliphatic rings. The third-order valence-electron chi connectivity index (χ3n) is 1.68. The maximum Gasteiger partial charge on any atom is 0.161 e. The predicted molar refractivity (Wildman–Crippen MR) is 58.4 cm³/mol. The quantitative estimate of drug-likeness (QED) is 0.535. The van der Waals surface area contributed by atoms with Crippen LogP contribution < -0.4 is 9.47 Å². The number of hydrogen-bond acceptors (Lipinski definition) is 2. The summed E-state index contributed by atoms with van der Waals surface area (Å²) in [5.41, 5.74) is 0. The molecule has 0 amide bonds. The fourth-order valence-electron chi connectivity index (χ4n) is 1.08. The zero-order valence-corrected chi connectivity index (χ0v) is 9.09. The number of rotatable bonds is 6. The molecule has 1 aromatic carbocycles. The largest absolute Gasteiger partial charge is 0.490 e. The SMILES string of the molecule is CCOc1ccccc1OCCCCl. The average molecular weight is 215 g/mol. The van der Waals surface area contributed by atoms with Gasteiger partial charge in [0, 0.05) is 5.88 Å². The van der Waals surface area contributed by atoms with E-state index in [1.807, 2.05) is 31.2 Å². The van der Waals surface area contributed by atoms with Crippen molar-refractivity contribution in [2.75, 3.05) is 19.1 Å². The summed E-state index contributed by atoms with van der Waals surface area (Å²) in [6.45, 7) is 3.24. The summed E-state index contributed by atoms with van der Waals surface area (Å²) < 4.78 is 10.9. The van der Waals surface area contributed by atoms with E-state index in [-0.39, 0.29) is 0 Å². The normalized spacial score (nSPS) is 9.86. The van der Waals surface area contributed by atoms with Crippen molar-refractivity contribution in [1.82, 2.24) is 0 Å². The molecule has 0 saturated carbocycles. The minimum atomic E-state index is 0.622. The zero-order valence-electron chi connectivity index (χ0n) is 8.33. The van der Waals surface area contributed by atoms with Crippen LogP contribution >= 0.6 is 11.6 Å². The highest BCUT2D eigenvalue weighted by molar-refractivity contribution is 6.17. The fraction of sp³-hybridized carbons (Fsp3) is 0.455. The average Bonchev–Trinajstić information content (AvgIpc) is 2.21. The molecule has 3 heteroatoms. The summed E-state index contributed by atoms with van der Waals surface area (Å²) >= 11 is 5.56. The van der Waals surface area contributed by atoms with Crippen LogP contribution in [0.3, 0.4) is 0 Å². The van der Waals surface area contributed by atoms with E-state index < -0.39 is 0 Å². The Morgan fingerprint density at radius 2 is 1.79 bits per heavy atom. The maximum absolute atomic E-state index is 5.56. The van der Waals surface area contributed by atoms with Gasteiger partial charge in [0.2, 0.25) is 0 Å². The smallest absolute Gasteiger partial charge is 0.161 e. The van der Waals surface area contributed by atoms with Gasteiger partial charge in [0.05, 0.1) is 13.2 Å². The third-order valence-corrected chi connectivity index (χ3v) is 1.95. The lowest BCUT2D eigenvalue weighted by molar-refractivity contribution is 0.277. The fourth-order valence-corrected chi connectivity index (χ4v) is 1.19. The van der Waals surface area contributed by atoms with Gasteiger partial charge >= 0.3 is 0 Å². The summed E-state index contributed by atoms with van der Waals surface area (Å²) in [7, 11) is 0. The van der Waals surface area contributed by atoms with Crippen LogP contribution in [-0.4, -0.2) is 19.1 Å². The Morgan fingerprint density at radius 3 is 2.36 bits per heavy atom. The molecular weight excluding hydrogens is 200 g/mol. The molecule has 0 aliphatic heterocycles. The van der Waals surface area contributed by atoms with Gasteiger partial charge in [0.1, 0.15) is 0 Å². The Labute approximate surface area is 89.8 Å². The molecule has 0 atom stereocenters. The van der Waals surface area contributed by atoms with Crippen LogP contribution in [-0.2, 0) is 0 Å². The lowest BCUT2D eigenvalue weighted by Crippen LogP contribution is -2.00. The lowest BCUT2D eigenvalue weighted by atomic mass is 10.3. The molecule has 14 heavy (non-hydrogen) atoms. The van der Waals surface area contributed by atoms with E-state index in [4.69, 9.17) is 21.1 Å². The van der Waals surface area contributed by atoms with Crippen molar-refractivity contribution >= 4 is 11.6 Å². The van der Waals surface area contributed by atoms with Crippen LogP contribution in [0.1, 0.15) is 13.3 Å². The highest BCUT2D eigenvalue weighted by atomic mass is 35.5. The summed E-state index contributed by atoms with van der Waals surface area (Å²) in [5.74, 6) is 2.21. The predicted octanol–water partition coefficient (Wildman–Crippen LogP) is 3.09. The summed E-state index contributed by atoms with van der Waals surface area (Å²) in [4.78, 5) is 0. The number of alkyl halides is 1. The van der Waals surface area contributed by atoms with Crippen molar-refractivity contribution in [3.8, 4) is 11.5 Å².